The van der Waals surface area contributed by atoms with Crippen molar-refractivity contribution in [2.75, 3.05) is 13.1 Å². The highest BCUT2D eigenvalue weighted by Gasteiger charge is 2.20. The van der Waals surface area contributed by atoms with Gasteiger partial charge >= 0.3 is 0 Å². The summed E-state index contributed by atoms with van der Waals surface area (Å²) in [6.07, 6.45) is 3.91. The molecule has 5 heteroatoms. The van der Waals surface area contributed by atoms with E-state index in [1.165, 1.54) is 0 Å². The maximum absolute atomic E-state index is 12.6. The lowest BCUT2D eigenvalue weighted by atomic mass is 10.0. The van der Waals surface area contributed by atoms with Gasteiger partial charge in [0.15, 0.2) is 5.65 Å². The molecule has 5 nitrogen and oxygen atoms in total. The van der Waals surface area contributed by atoms with E-state index in [1.807, 2.05) is 61.3 Å². The number of aromatic nitrogens is 3. The number of hydrogen-bond acceptors (Lipinski definition) is 3. The van der Waals surface area contributed by atoms with Gasteiger partial charge in [0.05, 0.1) is 12.1 Å². The molecule has 3 aromatic rings. The molecular weight excluding hydrogens is 288 g/mol. The SMILES string of the molecule is CCN(CC)C(=O)Cc1c(-c2ccccc2)nn2cccnc12. The van der Waals surface area contributed by atoms with Crippen molar-refractivity contribution in [1.29, 1.82) is 0 Å². The number of fused-ring (bicyclic) bond motifs is 1. The van der Waals surface area contributed by atoms with Gasteiger partial charge in [0, 0.05) is 36.6 Å². The van der Waals surface area contributed by atoms with Crippen LogP contribution in [0.5, 0.6) is 0 Å². The first kappa shape index (κ1) is 15.2. The van der Waals surface area contributed by atoms with Crippen molar-refractivity contribution in [3.05, 3.63) is 54.4 Å². The van der Waals surface area contributed by atoms with Crippen LogP contribution in [0.1, 0.15) is 19.4 Å². The maximum Gasteiger partial charge on any atom is 0.227 e. The average Bonchev–Trinajstić information content (AvgIpc) is 2.95. The van der Waals surface area contributed by atoms with Crippen LogP contribution in [-0.2, 0) is 11.2 Å². The molecule has 0 fully saturated rings. The highest BCUT2D eigenvalue weighted by atomic mass is 16.2. The lowest BCUT2D eigenvalue weighted by Gasteiger charge is -2.18. The summed E-state index contributed by atoms with van der Waals surface area (Å²) in [4.78, 5) is 18.8. The van der Waals surface area contributed by atoms with Crippen LogP contribution in [0.25, 0.3) is 16.9 Å². The number of nitrogens with zero attached hydrogens (tertiary/aromatic N) is 4. The highest BCUT2D eigenvalue weighted by Crippen LogP contribution is 2.25. The Morgan fingerprint density at radius 3 is 2.57 bits per heavy atom. The fourth-order valence-electron chi connectivity index (χ4n) is 2.76. The number of likely N-dealkylation sites (N-methyl/N-ethyl adjacent to an activating group) is 1. The second-order valence-electron chi connectivity index (χ2n) is 5.32. The van der Waals surface area contributed by atoms with Crippen LogP contribution in [-0.4, -0.2) is 38.5 Å². The summed E-state index contributed by atoms with van der Waals surface area (Å²) in [7, 11) is 0. The number of benzene rings is 1. The zero-order valence-corrected chi connectivity index (χ0v) is 13.4. The zero-order valence-electron chi connectivity index (χ0n) is 13.4. The third kappa shape index (κ3) is 2.95. The third-order valence-corrected chi connectivity index (χ3v) is 3.98. The summed E-state index contributed by atoms with van der Waals surface area (Å²) in [6, 6.07) is 11.8. The van der Waals surface area contributed by atoms with Gasteiger partial charge in [-0.25, -0.2) is 9.50 Å². The standard InChI is InChI=1S/C18H20N4O/c1-3-21(4-2)16(23)13-15-17(14-9-6-5-7-10-14)20-22-12-8-11-19-18(15)22/h5-12H,3-4,13H2,1-2H3. The first-order valence-corrected chi connectivity index (χ1v) is 7.90. The van der Waals surface area contributed by atoms with Gasteiger partial charge in [-0.15, -0.1) is 0 Å². The van der Waals surface area contributed by atoms with Gasteiger partial charge in [0.2, 0.25) is 5.91 Å². The van der Waals surface area contributed by atoms with E-state index in [9.17, 15) is 4.79 Å². The highest BCUT2D eigenvalue weighted by molar-refractivity contribution is 5.84. The smallest absolute Gasteiger partial charge is 0.227 e. The Kier molecular flexibility index (Phi) is 4.37. The number of hydrogen-bond donors (Lipinski definition) is 0. The fraction of sp³-hybridized carbons (Fsp3) is 0.278. The molecule has 0 saturated heterocycles. The van der Waals surface area contributed by atoms with Crippen molar-refractivity contribution in [3.63, 3.8) is 0 Å². The zero-order chi connectivity index (χ0) is 16.2. The first-order valence-electron chi connectivity index (χ1n) is 7.90. The largest absolute Gasteiger partial charge is 0.343 e. The number of rotatable bonds is 5. The summed E-state index contributed by atoms with van der Waals surface area (Å²) in [5.74, 6) is 0.104. The van der Waals surface area contributed by atoms with Gasteiger partial charge in [-0.2, -0.15) is 5.10 Å². The van der Waals surface area contributed by atoms with Crippen LogP contribution in [0.2, 0.25) is 0 Å². The predicted molar refractivity (Wildman–Crippen MR) is 90.1 cm³/mol. The number of carbonyl (C=O) groups is 1. The Morgan fingerprint density at radius 2 is 1.87 bits per heavy atom. The van der Waals surface area contributed by atoms with Crippen molar-refractivity contribution in [1.82, 2.24) is 19.5 Å². The molecule has 1 aromatic carbocycles. The lowest BCUT2D eigenvalue weighted by Crippen LogP contribution is -2.31. The van der Waals surface area contributed by atoms with Gasteiger partial charge in [-0.3, -0.25) is 4.79 Å². The summed E-state index contributed by atoms with van der Waals surface area (Å²) < 4.78 is 1.74. The van der Waals surface area contributed by atoms with Crippen LogP contribution < -0.4 is 0 Å². The van der Waals surface area contributed by atoms with Crippen LogP contribution >= 0.6 is 0 Å². The molecular formula is C18H20N4O. The van der Waals surface area contributed by atoms with E-state index in [4.69, 9.17) is 0 Å². The van der Waals surface area contributed by atoms with Crippen molar-refractivity contribution in [3.8, 4) is 11.3 Å². The molecule has 0 atom stereocenters. The van der Waals surface area contributed by atoms with E-state index in [1.54, 1.807) is 10.7 Å². The Bertz CT molecular complexity index is 806. The predicted octanol–water partition coefficient (Wildman–Crippen LogP) is 2.81. The first-order chi connectivity index (χ1) is 11.2. The summed E-state index contributed by atoms with van der Waals surface area (Å²) >= 11 is 0. The molecule has 0 radical (unpaired) electrons. The molecule has 0 aliphatic carbocycles. The van der Waals surface area contributed by atoms with Crippen molar-refractivity contribution in [2.45, 2.75) is 20.3 Å². The monoisotopic (exact) mass is 308 g/mol. The van der Waals surface area contributed by atoms with Crippen molar-refractivity contribution in [2.24, 2.45) is 0 Å². The van der Waals surface area contributed by atoms with Gasteiger partial charge in [0.1, 0.15) is 0 Å². The quantitative estimate of drug-likeness (QED) is 0.728. The van der Waals surface area contributed by atoms with Crippen LogP contribution in [0.4, 0.5) is 0 Å². The van der Waals surface area contributed by atoms with E-state index in [0.29, 0.717) is 19.5 Å². The summed E-state index contributed by atoms with van der Waals surface area (Å²) in [5.41, 5.74) is 3.45. The molecule has 0 N–H and O–H groups in total. The number of amides is 1. The van der Waals surface area contributed by atoms with Gasteiger partial charge in [-0.1, -0.05) is 30.3 Å². The lowest BCUT2D eigenvalue weighted by molar-refractivity contribution is -0.130. The van der Waals surface area contributed by atoms with Crippen LogP contribution in [0.3, 0.4) is 0 Å². The summed E-state index contributed by atoms with van der Waals surface area (Å²) in [6.45, 7) is 5.41. The molecule has 118 valence electrons. The maximum atomic E-state index is 12.6. The molecule has 0 bridgehead atoms. The van der Waals surface area contributed by atoms with Gasteiger partial charge < -0.3 is 4.90 Å². The van der Waals surface area contributed by atoms with Gasteiger partial charge in [-0.05, 0) is 19.9 Å². The average molecular weight is 308 g/mol. The summed E-state index contributed by atoms with van der Waals surface area (Å²) in [5, 5.41) is 4.63. The Balaban J connectivity index is 2.08. The van der Waals surface area contributed by atoms with E-state index < -0.39 is 0 Å². The fourth-order valence-corrected chi connectivity index (χ4v) is 2.76. The number of carbonyl (C=O) groups excluding carboxylic acids is 1. The van der Waals surface area contributed by atoms with Gasteiger partial charge in [0.25, 0.3) is 0 Å². The van der Waals surface area contributed by atoms with E-state index >= 15 is 0 Å². The van der Waals surface area contributed by atoms with Crippen molar-refractivity contribution < 1.29 is 4.79 Å². The Labute approximate surface area is 135 Å². The minimum Gasteiger partial charge on any atom is -0.343 e. The molecule has 0 unspecified atom stereocenters. The topological polar surface area (TPSA) is 50.5 Å². The third-order valence-electron chi connectivity index (χ3n) is 3.98. The molecule has 1 amide bonds. The molecule has 0 aliphatic rings. The molecule has 0 saturated carbocycles. The van der Waals surface area contributed by atoms with Crippen LogP contribution in [0, 0.1) is 0 Å². The minimum absolute atomic E-state index is 0.104. The Morgan fingerprint density at radius 1 is 1.13 bits per heavy atom. The molecule has 23 heavy (non-hydrogen) atoms. The molecule has 3 rings (SSSR count). The molecule has 0 spiro atoms. The second kappa shape index (κ2) is 6.60. The normalized spacial score (nSPS) is 10.9. The van der Waals surface area contributed by atoms with Crippen LogP contribution in [0.15, 0.2) is 48.8 Å². The molecule has 2 aromatic heterocycles. The van der Waals surface area contributed by atoms with E-state index in [2.05, 4.69) is 10.1 Å². The Hall–Kier alpha value is -2.69. The molecule has 2 heterocycles. The van der Waals surface area contributed by atoms with Crippen molar-refractivity contribution >= 4 is 11.6 Å². The van der Waals surface area contributed by atoms with E-state index in [0.717, 1.165) is 22.5 Å². The van der Waals surface area contributed by atoms with E-state index in [-0.39, 0.29) is 5.91 Å². The minimum atomic E-state index is 0.104. The molecule has 0 aliphatic heterocycles. The second-order valence-corrected chi connectivity index (χ2v) is 5.32.